The molecular formula is C50H54N10O5. The van der Waals surface area contributed by atoms with Crippen LogP contribution >= 0.6 is 0 Å². The third kappa shape index (κ3) is 8.72. The lowest BCUT2D eigenvalue weighted by atomic mass is 9.89. The van der Waals surface area contributed by atoms with Crippen molar-refractivity contribution in [1.29, 1.82) is 0 Å². The Balaban J connectivity index is 0.777. The summed E-state index contributed by atoms with van der Waals surface area (Å²) in [5, 5.41) is 10.1. The van der Waals surface area contributed by atoms with Crippen molar-refractivity contribution in [3.05, 3.63) is 120 Å². The first kappa shape index (κ1) is 42.1. The molecule has 15 heteroatoms. The van der Waals surface area contributed by atoms with E-state index in [1.807, 2.05) is 77.8 Å². The predicted octanol–water partition coefficient (Wildman–Crippen LogP) is 5.96. The summed E-state index contributed by atoms with van der Waals surface area (Å²) in [7, 11) is 0. The summed E-state index contributed by atoms with van der Waals surface area (Å²) in [5.41, 5.74) is 5.46. The zero-order valence-electron chi connectivity index (χ0n) is 36.4. The van der Waals surface area contributed by atoms with Gasteiger partial charge in [-0.05, 0) is 86.9 Å². The van der Waals surface area contributed by atoms with Crippen LogP contribution in [0.15, 0.2) is 103 Å². The Morgan fingerprint density at radius 3 is 2.23 bits per heavy atom. The fraction of sp³-hybridized carbons (Fsp3) is 0.380. The van der Waals surface area contributed by atoms with Gasteiger partial charge in [0.2, 0.25) is 17.8 Å². The van der Waals surface area contributed by atoms with Gasteiger partial charge in [0.1, 0.15) is 6.04 Å². The number of benzene rings is 4. The Morgan fingerprint density at radius 2 is 1.45 bits per heavy atom. The summed E-state index contributed by atoms with van der Waals surface area (Å²) in [5.74, 6) is -1.35. The number of piperazine rings is 1. The maximum absolute atomic E-state index is 14.4. The number of carbonyl (C=O) groups excluding carboxylic acids is 5. The normalized spacial score (nSPS) is 21.9. The zero-order chi connectivity index (χ0) is 44.4. The number of nitrogens with zero attached hydrogens (tertiary/aromatic N) is 7. The van der Waals surface area contributed by atoms with Gasteiger partial charge >= 0.3 is 6.03 Å². The van der Waals surface area contributed by atoms with Gasteiger partial charge in [-0.3, -0.25) is 39.2 Å². The van der Waals surface area contributed by atoms with Gasteiger partial charge in [0.15, 0.2) is 0 Å². The molecule has 15 nitrogen and oxygen atoms in total. The van der Waals surface area contributed by atoms with Crippen molar-refractivity contribution in [3.8, 4) is 0 Å². The van der Waals surface area contributed by atoms with Crippen LogP contribution in [0, 0.1) is 0 Å². The summed E-state index contributed by atoms with van der Waals surface area (Å²) >= 11 is 0. The second-order valence-corrected chi connectivity index (χ2v) is 17.8. The average molecular weight is 875 g/mol. The minimum absolute atomic E-state index is 0.0184. The van der Waals surface area contributed by atoms with Crippen LogP contribution < -0.4 is 30.7 Å². The SMILES string of the molecule is O=C1CCC(N2C(=O)c3ccc(N4CCN(C5CCN(c6ccccc6N(C(=O)NCc6ccccc6)C6CCC(Nc7ncc8ccccc8n7)CC6)CC5)CC4)cc3C2=O)C(=O)N1. The van der Waals surface area contributed by atoms with Crippen LogP contribution in [-0.4, -0.2) is 113 Å². The van der Waals surface area contributed by atoms with Crippen molar-refractivity contribution in [2.75, 3.05) is 59.3 Å². The quantitative estimate of drug-likeness (QED) is 0.142. The molecule has 65 heavy (non-hydrogen) atoms. The monoisotopic (exact) mass is 874 g/mol. The number of aromatic nitrogens is 2. The van der Waals surface area contributed by atoms with Crippen molar-refractivity contribution in [2.45, 2.75) is 82.1 Å². The first-order valence-electron chi connectivity index (χ1n) is 23.1. The largest absolute Gasteiger partial charge is 0.370 e. The van der Waals surface area contributed by atoms with Crippen LogP contribution in [0.4, 0.5) is 27.8 Å². The molecule has 1 atom stereocenters. The van der Waals surface area contributed by atoms with Gasteiger partial charge in [-0.25, -0.2) is 14.8 Å². The molecule has 3 saturated heterocycles. The third-order valence-electron chi connectivity index (χ3n) is 14.0. The number of nitrogens with one attached hydrogen (secondary N) is 3. The van der Waals surface area contributed by atoms with E-state index in [-0.39, 0.29) is 31.0 Å². The van der Waals surface area contributed by atoms with E-state index >= 15 is 0 Å². The second kappa shape index (κ2) is 18.3. The molecule has 0 radical (unpaired) electrons. The molecule has 0 bridgehead atoms. The molecule has 4 aliphatic heterocycles. The summed E-state index contributed by atoms with van der Waals surface area (Å²) in [6, 6.07) is 31.3. The zero-order valence-corrected chi connectivity index (χ0v) is 36.4. The van der Waals surface area contributed by atoms with Crippen molar-refractivity contribution in [1.82, 2.24) is 30.4 Å². The molecule has 6 amide bonds. The fourth-order valence-electron chi connectivity index (χ4n) is 10.4. The van der Waals surface area contributed by atoms with E-state index in [0.717, 1.165) is 116 Å². The Hall–Kier alpha value is -6.87. The Bertz CT molecular complexity index is 2600. The second-order valence-electron chi connectivity index (χ2n) is 17.8. The molecule has 4 aromatic carbocycles. The number of rotatable bonds is 10. The van der Waals surface area contributed by atoms with Gasteiger partial charge in [0, 0.05) is 87.6 Å². The van der Waals surface area contributed by atoms with E-state index < -0.39 is 29.7 Å². The van der Waals surface area contributed by atoms with E-state index in [1.165, 1.54) is 0 Å². The van der Waals surface area contributed by atoms with Crippen molar-refractivity contribution >= 4 is 63.6 Å². The molecular weight excluding hydrogens is 821 g/mol. The lowest BCUT2D eigenvalue weighted by Gasteiger charge is -2.45. The van der Waals surface area contributed by atoms with Gasteiger partial charge in [0.25, 0.3) is 11.8 Å². The molecule has 5 aliphatic rings. The Kier molecular flexibility index (Phi) is 11.9. The van der Waals surface area contributed by atoms with Crippen molar-refractivity contribution in [3.63, 3.8) is 0 Å². The highest BCUT2D eigenvalue weighted by molar-refractivity contribution is 6.23. The molecule has 1 aromatic heterocycles. The number of carbonyl (C=O) groups is 5. The topological polar surface area (TPSA) is 163 Å². The van der Waals surface area contributed by atoms with Crippen LogP contribution in [0.3, 0.4) is 0 Å². The molecule has 5 aromatic rings. The van der Waals surface area contributed by atoms with Crippen molar-refractivity contribution < 1.29 is 24.0 Å². The highest BCUT2D eigenvalue weighted by atomic mass is 16.2. The smallest absolute Gasteiger partial charge is 0.322 e. The molecule has 334 valence electrons. The van der Waals surface area contributed by atoms with E-state index in [1.54, 1.807) is 12.1 Å². The van der Waals surface area contributed by atoms with Gasteiger partial charge in [-0.1, -0.05) is 60.7 Å². The van der Waals surface area contributed by atoms with Gasteiger partial charge < -0.3 is 20.4 Å². The highest BCUT2D eigenvalue weighted by Gasteiger charge is 2.45. The lowest BCUT2D eigenvalue weighted by molar-refractivity contribution is -0.136. The molecule has 1 saturated carbocycles. The van der Waals surface area contributed by atoms with E-state index in [4.69, 9.17) is 4.98 Å². The number of urea groups is 1. The first-order valence-corrected chi connectivity index (χ1v) is 23.1. The molecule has 10 rings (SSSR count). The van der Waals surface area contributed by atoms with Gasteiger partial charge in [-0.15, -0.1) is 0 Å². The molecule has 0 spiro atoms. The number of hydrogen-bond acceptors (Lipinski definition) is 11. The maximum atomic E-state index is 14.4. The molecule has 3 N–H and O–H groups in total. The number of imide groups is 2. The predicted molar refractivity (Wildman–Crippen MR) is 249 cm³/mol. The fourth-order valence-corrected chi connectivity index (χ4v) is 10.4. The van der Waals surface area contributed by atoms with Gasteiger partial charge in [0.05, 0.1) is 28.0 Å². The van der Waals surface area contributed by atoms with Gasteiger partial charge in [-0.2, -0.15) is 0 Å². The van der Waals surface area contributed by atoms with E-state index in [0.29, 0.717) is 29.7 Å². The minimum atomic E-state index is -0.984. The lowest BCUT2D eigenvalue weighted by Crippen LogP contribution is -2.54. The Labute approximate surface area is 378 Å². The average Bonchev–Trinajstić information content (AvgIpc) is 3.59. The van der Waals surface area contributed by atoms with Crippen LogP contribution in [0.2, 0.25) is 0 Å². The number of para-hydroxylation sites is 3. The Morgan fingerprint density at radius 1 is 0.723 bits per heavy atom. The van der Waals surface area contributed by atoms with Crippen LogP contribution in [0.1, 0.15) is 77.6 Å². The third-order valence-corrected chi connectivity index (χ3v) is 14.0. The standard InChI is InChI=1S/C50H54N10O5/c61-45-21-20-44(46(62)55-45)60-47(63)39-19-18-38(30-40(39)48(60)64)57-28-26-56(27-29-57)36-22-24-58(25-23-36)42-12-6-7-13-43(42)59(50(65)52-31-33-8-2-1-3-9-33)37-16-14-35(15-17-37)53-49-51-32-34-10-4-5-11-41(34)54-49/h1-13,18-19,30,32,35-37,44H,14-17,20-29,31H2,(H,52,65)(H,51,53,54)(H,55,61,62). The summed E-state index contributed by atoms with van der Waals surface area (Å²) in [4.78, 5) is 85.1. The number of amides is 6. The first-order chi connectivity index (χ1) is 31.8. The highest BCUT2D eigenvalue weighted by Crippen LogP contribution is 2.38. The molecule has 1 unspecified atom stereocenters. The number of hydrogen-bond donors (Lipinski definition) is 3. The summed E-state index contributed by atoms with van der Waals surface area (Å²) in [6.45, 7) is 5.48. The number of fused-ring (bicyclic) bond motifs is 2. The molecule has 5 heterocycles. The van der Waals surface area contributed by atoms with Crippen LogP contribution in [-0.2, 0) is 16.1 Å². The molecule has 1 aliphatic carbocycles. The van der Waals surface area contributed by atoms with Crippen LogP contribution in [0.5, 0.6) is 0 Å². The minimum Gasteiger partial charge on any atom is -0.370 e. The van der Waals surface area contributed by atoms with Crippen molar-refractivity contribution in [2.24, 2.45) is 0 Å². The van der Waals surface area contributed by atoms with Crippen LogP contribution in [0.25, 0.3) is 10.9 Å². The van der Waals surface area contributed by atoms with E-state index in [9.17, 15) is 24.0 Å². The maximum Gasteiger partial charge on any atom is 0.322 e. The van der Waals surface area contributed by atoms with E-state index in [2.05, 4.69) is 53.8 Å². The molecule has 4 fully saturated rings. The summed E-state index contributed by atoms with van der Waals surface area (Å²) in [6.07, 6.45) is 7.52. The number of piperidine rings is 2. The number of anilines is 4. The summed E-state index contributed by atoms with van der Waals surface area (Å²) < 4.78 is 0.